The fourth-order valence-electron chi connectivity index (χ4n) is 3.62. The molecule has 3 unspecified atom stereocenters. The van der Waals surface area contributed by atoms with E-state index in [-0.39, 0.29) is 12.2 Å². The number of nitrogens with zero attached hydrogens (tertiary/aromatic N) is 1. The van der Waals surface area contributed by atoms with Gasteiger partial charge in [0, 0.05) is 33.9 Å². The standard InChI is InChI=1S/C15H30N2O2/c1-15(2,12-6-5-7-16-8-12)11-17-9-13(18-3)14(10-17)19-4/h12-14,16H,5-11H2,1-4H3. The van der Waals surface area contributed by atoms with Crippen molar-refractivity contribution < 1.29 is 9.47 Å². The van der Waals surface area contributed by atoms with E-state index in [1.165, 1.54) is 25.9 Å². The van der Waals surface area contributed by atoms with Crippen LogP contribution in [0.3, 0.4) is 0 Å². The molecule has 1 N–H and O–H groups in total. The zero-order chi connectivity index (χ0) is 13.9. The predicted octanol–water partition coefficient (Wildman–Crippen LogP) is 1.36. The van der Waals surface area contributed by atoms with Gasteiger partial charge in [-0.2, -0.15) is 0 Å². The summed E-state index contributed by atoms with van der Waals surface area (Å²) in [6, 6.07) is 0. The van der Waals surface area contributed by atoms with E-state index < -0.39 is 0 Å². The molecule has 2 heterocycles. The van der Waals surface area contributed by atoms with Gasteiger partial charge in [-0.15, -0.1) is 0 Å². The molecule has 0 radical (unpaired) electrons. The Kier molecular flexibility index (Phi) is 5.23. The van der Waals surface area contributed by atoms with Gasteiger partial charge in [-0.1, -0.05) is 13.8 Å². The molecular formula is C15H30N2O2. The van der Waals surface area contributed by atoms with Gasteiger partial charge in [-0.25, -0.2) is 0 Å². The third-order valence-electron chi connectivity index (χ3n) is 4.93. The Morgan fingerprint density at radius 2 is 1.79 bits per heavy atom. The fourth-order valence-corrected chi connectivity index (χ4v) is 3.62. The Morgan fingerprint density at radius 3 is 2.26 bits per heavy atom. The minimum Gasteiger partial charge on any atom is -0.377 e. The molecule has 2 rings (SSSR count). The lowest BCUT2D eigenvalue weighted by Gasteiger charge is -2.39. The van der Waals surface area contributed by atoms with Gasteiger partial charge < -0.3 is 14.8 Å². The van der Waals surface area contributed by atoms with E-state index in [1.807, 2.05) is 0 Å². The fraction of sp³-hybridized carbons (Fsp3) is 1.00. The highest BCUT2D eigenvalue weighted by molar-refractivity contribution is 4.91. The summed E-state index contributed by atoms with van der Waals surface area (Å²) in [5, 5.41) is 3.54. The largest absolute Gasteiger partial charge is 0.377 e. The Labute approximate surface area is 117 Å². The highest BCUT2D eigenvalue weighted by Crippen LogP contribution is 2.33. The van der Waals surface area contributed by atoms with Crippen LogP contribution in [0.15, 0.2) is 0 Å². The van der Waals surface area contributed by atoms with Gasteiger partial charge >= 0.3 is 0 Å². The number of hydrogen-bond acceptors (Lipinski definition) is 4. The van der Waals surface area contributed by atoms with Gasteiger partial charge in [0.05, 0.1) is 12.2 Å². The van der Waals surface area contributed by atoms with E-state index in [0.717, 1.165) is 25.6 Å². The van der Waals surface area contributed by atoms with E-state index >= 15 is 0 Å². The molecule has 3 atom stereocenters. The summed E-state index contributed by atoms with van der Waals surface area (Å²) in [5.41, 5.74) is 0.355. The maximum Gasteiger partial charge on any atom is 0.0971 e. The van der Waals surface area contributed by atoms with Crippen LogP contribution in [-0.2, 0) is 9.47 Å². The molecule has 2 saturated heterocycles. The summed E-state index contributed by atoms with van der Waals surface area (Å²) >= 11 is 0. The lowest BCUT2D eigenvalue weighted by molar-refractivity contribution is -0.00461. The Balaban J connectivity index is 1.89. The zero-order valence-corrected chi connectivity index (χ0v) is 12.9. The van der Waals surface area contributed by atoms with Crippen molar-refractivity contribution in [3.8, 4) is 0 Å². The minimum absolute atomic E-state index is 0.227. The van der Waals surface area contributed by atoms with Crippen LogP contribution in [0.2, 0.25) is 0 Å². The van der Waals surface area contributed by atoms with Crippen LogP contribution in [0.1, 0.15) is 26.7 Å². The topological polar surface area (TPSA) is 33.7 Å². The number of ether oxygens (including phenoxy) is 2. The number of methoxy groups -OCH3 is 2. The second-order valence-corrected chi connectivity index (χ2v) is 6.77. The van der Waals surface area contributed by atoms with Crippen molar-refractivity contribution in [2.75, 3.05) is 46.9 Å². The highest BCUT2D eigenvalue weighted by Gasteiger charge is 2.38. The number of nitrogens with one attached hydrogen (secondary N) is 1. The van der Waals surface area contributed by atoms with E-state index in [4.69, 9.17) is 9.47 Å². The van der Waals surface area contributed by atoms with Crippen LogP contribution in [0, 0.1) is 11.3 Å². The van der Waals surface area contributed by atoms with Crippen molar-refractivity contribution in [1.82, 2.24) is 10.2 Å². The molecule has 0 aliphatic carbocycles. The molecule has 112 valence electrons. The molecule has 0 aromatic carbocycles. The first-order valence-corrected chi connectivity index (χ1v) is 7.55. The van der Waals surface area contributed by atoms with Crippen molar-refractivity contribution in [2.45, 2.75) is 38.9 Å². The van der Waals surface area contributed by atoms with E-state index in [0.29, 0.717) is 5.41 Å². The molecule has 19 heavy (non-hydrogen) atoms. The first-order valence-electron chi connectivity index (χ1n) is 7.55. The first kappa shape index (κ1) is 15.2. The molecule has 2 fully saturated rings. The smallest absolute Gasteiger partial charge is 0.0971 e. The quantitative estimate of drug-likeness (QED) is 0.818. The summed E-state index contributed by atoms with van der Waals surface area (Å²) < 4.78 is 11.1. The summed E-state index contributed by atoms with van der Waals surface area (Å²) in [7, 11) is 3.58. The molecule has 2 aliphatic rings. The van der Waals surface area contributed by atoms with Crippen molar-refractivity contribution >= 4 is 0 Å². The van der Waals surface area contributed by atoms with Gasteiger partial charge in [0.15, 0.2) is 0 Å². The van der Waals surface area contributed by atoms with Gasteiger partial charge in [-0.3, -0.25) is 4.90 Å². The molecule has 4 heteroatoms. The van der Waals surface area contributed by atoms with Gasteiger partial charge in [0.2, 0.25) is 0 Å². The second-order valence-electron chi connectivity index (χ2n) is 6.77. The summed E-state index contributed by atoms with van der Waals surface area (Å²) in [5.74, 6) is 0.781. The normalized spacial score (nSPS) is 33.8. The second kappa shape index (κ2) is 6.53. The molecule has 0 aromatic heterocycles. The highest BCUT2D eigenvalue weighted by atomic mass is 16.5. The van der Waals surface area contributed by atoms with Crippen LogP contribution in [-0.4, -0.2) is 64.1 Å². The van der Waals surface area contributed by atoms with Crippen LogP contribution >= 0.6 is 0 Å². The minimum atomic E-state index is 0.227. The average Bonchev–Trinajstić information content (AvgIpc) is 2.81. The maximum absolute atomic E-state index is 5.53. The predicted molar refractivity (Wildman–Crippen MR) is 77.4 cm³/mol. The molecule has 0 aromatic rings. The van der Waals surface area contributed by atoms with Crippen molar-refractivity contribution in [2.24, 2.45) is 11.3 Å². The van der Waals surface area contributed by atoms with E-state index in [2.05, 4.69) is 24.1 Å². The van der Waals surface area contributed by atoms with E-state index in [9.17, 15) is 0 Å². The number of rotatable bonds is 5. The van der Waals surface area contributed by atoms with Crippen molar-refractivity contribution in [3.63, 3.8) is 0 Å². The average molecular weight is 270 g/mol. The monoisotopic (exact) mass is 270 g/mol. The molecular weight excluding hydrogens is 240 g/mol. The van der Waals surface area contributed by atoms with Crippen molar-refractivity contribution in [3.05, 3.63) is 0 Å². The number of likely N-dealkylation sites (tertiary alicyclic amines) is 1. The van der Waals surface area contributed by atoms with Crippen LogP contribution in [0.5, 0.6) is 0 Å². The van der Waals surface area contributed by atoms with Crippen LogP contribution in [0.25, 0.3) is 0 Å². The van der Waals surface area contributed by atoms with Gasteiger partial charge in [0.1, 0.15) is 0 Å². The maximum atomic E-state index is 5.53. The Morgan fingerprint density at radius 1 is 1.16 bits per heavy atom. The molecule has 0 bridgehead atoms. The first-order chi connectivity index (χ1) is 9.06. The van der Waals surface area contributed by atoms with Gasteiger partial charge in [0.25, 0.3) is 0 Å². The third-order valence-corrected chi connectivity index (χ3v) is 4.93. The van der Waals surface area contributed by atoms with E-state index in [1.54, 1.807) is 14.2 Å². The molecule has 2 aliphatic heterocycles. The molecule has 4 nitrogen and oxygen atoms in total. The molecule has 0 saturated carbocycles. The number of piperidine rings is 1. The van der Waals surface area contributed by atoms with Crippen LogP contribution < -0.4 is 5.32 Å². The third kappa shape index (κ3) is 3.69. The zero-order valence-electron chi connectivity index (χ0n) is 12.9. The molecule has 0 amide bonds. The van der Waals surface area contributed by atoms with Crippen molar-refractivity contribution in [1.29, 1.82) is 0 Å². The van der Waals surface area contributed by atoms with Crippen LogP contribution in [0.4, 0.5) is 0 Å². The lowest BCUT2D eigenvalue weighted by atomic mass is 9.74. The Hall–Kier alpha value is -0.160. The Bertz CT molecular complexity index is 265. The lowest BCUT2D eigenvalue weighted by Crippen LogP contribution is -2.44. The SMILES string of the molecule is COC1CN(CC(C)(C)C2CCCNC2)CC1OC. The molecule has 0 spiro atoms. The summed E-state index contributed by atoms with van der Waals surface area (Å²) in [4.78, 5) is 2.51. The summed E-state index contributed by atoms with van der Waals surface area (Å²) in [6.45, 7) is 10.3. The summed E-state index contributed by atoms with van der Waals surface area (Å²) in [6.07, 6.45) is 3.13. The number of hydrogen-bond donors (Lipinski definition) is 1. The van der Waals surface area contributed by atoms with Gasteiger partial charge in [-0.05, 0) is 37.3 Å².